The number of ether oxygens (including phenoxy) is 1. The van der Waals surface area contributed by atoms with Gasteiger partial charge in [0.2, 0.25) is 5.91 Å². The predicted octanol–water partition coefficient (Wildman–Crippen LogP) is 2.33. The fraction of sp³-hybridized carbons (Fsp3) is 0.632. The Morgan fingerprint density at radius 3 is 2.58 bits per heavy atom. The summed E-state index contributed by atoms with van der Waals surface area (Å²) in [6.07, 6.45) is 3.21. The first-order valence-corrected chi connectivity index (χ1v) is 9.24. The number of nitrogens with zero attached hydrogens (tertiary/aromatic N) is 2. The highest BCUT2D eigenvalue weighted by Crippen LogP contribution is 2.09. The van der Waals surface area contributed by atoms with Crippen LogP contribution in [0.2, 0.25) is 0 Å². The summed E-state index contributed by atoms with van der Waals surface area (Å²) in [4.78, 5) is 20.3. The molecule has 1 aromatic rings. The number of anilines is 1. The Balaban J connectivity index is 2.26. The summed E-state index contributed by atoms with van der Waals surface area (Å²) in [5.41, 5.74) is 1.06. The molecule has 0 saturated heterocycles. The van der Waals surface area contributed by atoms with Crippen molar-refractivity contribution in [2.24, 2.45) is 10.9 Å². The van der Waals surface area contributed by atoms with Crippen molar-refractivity contribution in [3.63, 3.8) is 0 Å². The van der Waals surface area contributed by atoms with E-state index in [0.717, 1.165) is 25.1 Å². The summed E-state index contributed by atoms with van der Waals surface area (Å²) in [7, 11) is 1.72. The topological polar surface area (TPSA) is 87.6 Å². The molecule has 1 aromatic heterocycles. The number of nitrogens with one attached hydrogen (secondary N) is 3. The van der Waals surface area contributed by atoms with Gasteiger partial charge in [0, 0.05) is 39.4 Å². The van der Waals surface area contributed by atoms with Gasteiger partial charge >= 0.3 is 0 Å². The third-order valence-electron chi connectivity index (χ3n) is 3.89. The van der Waals surface area contributed by atoms with Gasteiger partial charge in [-0.15, -0.1) is 0 Å². The van der Waals surface area contributed by atoms with Gasteiger partial charge in [-0.1, -0.05) is 19.9 Å². The van der Waals surface area contributed by atoms with E-state index in [1.54, 1.807) is 19.3 Å². The third-order valence-corrected chi connectivity index (χ3v) is 3.89. The maximum Gasteiger partial charge on any atom is 0.227 e. The summed E-state index contributed by atoms with van der Waals surface area (Å²) in [5, 5.41) is 9.18. The minimum atomic E-state index is -0.0828. The Bertz CT molecular complexity index is 558. The Morgan fingerprint density at radius 1 is 1.27 bits per heavy atom. The number of aliphatic imine (C=N–C) groups is 1. The zero-order chi connectivity index (χ0) is 19.4. The van der Waals surface area contributed by atoms with E-state index in [2.05, 4.69) is 39.8 Å². The van der Waals surface area contributed by atoms with E-state index in [-0.39, 0.29) is 12.0 Å². The molecule has 1 rings (SSSR count). The highest BCUT2D eigenvalue weighted by molar-refractivity contribution is 5.90. The second-order valence-electron chi connectivity index (χ2n) is 6.47. The number of hydrogen-bond donors (Lipinski definition) is 3. The number of pyridine rings is 1. The lowest BCUT2D eigenvalue weighted by Crippen LogP contribution is -2.40. The molecule has 7 heteroatoms. The normalized spacial score (nSPS) is 12.8. The molecule has 0 radical (unpaired) electrons. The fourth-order valence-corrected chi connectivity index (χ4v) is 2.42. The van der Waals surface area contributed by atoms with Crippen LogP contribution in [0.25, 0.3) is 0 Å². The zero-order valence-electron chi connectivity index (χ0n) is 16.6. The molecule has 1 heterocycles. The molecule has 0 bridgehead atoms. The van der Waals surface area contributed by atoms with Crippen LogP contribution in [0, 0.1) is 12.8 Å². The predicted molar refractivity (Wildman–Crippen MR) is 106 cm³/mol. The summed E-state index contributed by atoms with van der Waals surface area (Å²) < 4.78 is 5.74. The van der Waals surface area contributed by atoms with Crippen LogP contribution in [-0.2, 0) is 9.53 Å². The minimum Gasteiger partial charge on any atom is -0.378 e. The molecule has 146 valence electrons. The molecular formula is C19H33N5O2. The summed E-state index contributed by atoms with van der Waals surface area (Å²) >= 11 is 0. The van der Waals surface area contributed by atoms with Crippen molar-refractivity contribution in [2.75, 3.05) is 32.1 Å². The van der Waals surface area contributed by atoms with Crippen molar-refractivity contribution in [3.8, 4) is 0 Å². The average molecular weight is 364 g/mol. The lowest BCUT2D eigenvalue weighted by Gasteiger charge is -2.21. The van der Waals surface area contributed by atoms with Gasteiger partial charge in [0.15, 0.2) is 5.96 Å². The molecule has 0 saturated carbocycles. The fourth-order valence-electron chi connectivity index (χ4n) is 2.42. The van der Waals surface area contributed by atoms with Crippen LogP contribution < -0.4 is 16.0 Å². The smallest absolute Gasteiger partial charge is 0.227 e. The van der Waals surface area contributed by atoms with Gasteiger partial charge in [-0.2, -0.15) is 0 Å². The highest BCUT2D eigenvalue weighted by Gasteiger charge is 2.13. The number of aryl methyl sites for hydroxylation is 1. The molecule has 7 nitrogen and oxygen atoms in total. The average Bonchev–Trinajstić information content (AvgIpc) is 2.61. The number of hydrogen-bond acceptors (Lipinski definition) is 4. The Kier molecular flexibility index (Phi) is 10.3. The maximum atomic E-state index is 11.9. The largest absolute Gasteiger partial charge is 0.378 e. The van der Waals surface area contributed by atoms with Crippen molar-refractivity contribution < 1.29 is 9.53 Å². The number of carbonyl (C=O) groups excluding carboxylic acids is 1. The molecule has 0 aliphatic carbocycles. The standard InChI is InChI=1S/C19H33N5O2/c1-6-26-16(14(2)3)9-11-21-19(20-5)22-12-10-18(25)24-17-8-7-15(4)13-23-17/h7-8,13-14,16H,6,9-12H2,1-5H3,(H2,20,21,22)(H,23,24,25). The van der Waals surface area contributed by atoms with E-state index in [1.807, 2.05) is 19.9 Å². The quantitative estimate of drug-likeness (QED) is 0.439. The van der Waals surface area contributed by atoms with Crippen LogP contribution in [0.15, 0.2) is 23.3 Å². The van der Waals surface area contributed by atoms with Crippen LogP contribution in [0.1, 0.15) is 39.2 Å². The molecule has 0 fully saturated rings. The number of aromatic nitrogens is 1. The molecular weight excluding hydrogens is 330 g/mol. The van der Waals surface area contributed by atoms with Gasteiger partial charge < -0.3 is 20.7 Å². The number of amides is 1. The second-order valence-corrected chi connectivity index (χ2v) is 6.47. The van der Waals surface area contributed by atoms with Crippen molar-refractivity contribution in [1.82, 2.24) is 15.6 Å². The molecule has 1 unspecified atom stereocenters. The van der Waals surface area contributed by atoms with Gasteiger partial charge in [0.05, 0.1) is 6.10 Å². The van der Waals surface area contributed by atoms with Crippen molar-refractivity contribution in [3.05, 3.63) is 23.9 Å². The molecule has 0 aliphatic rings. The summed E-state index contributed by atoms with van der Waals surface area (Å²) in [6.45, 7) is 10.3. The van der Waals surface area contributed by atoms with E-state index in [0.29, 0.717) is 30.7 Å². The highest BCUT2D eigenvalue weighted by atomic mass is 16.5. The summed E-state index contributed by atoms with van der Waals surface area (Å²) in [5.74, 6) is 1.65. The molecule has 0 aliphatic heterocycles. The molecule has 3 N–H and O–H groups in total. The maximum absolute atomic E-state index is 11.9. The van der Waals surface area contributed by atoms with Crippen molar-refractivity contribution in [1.29, 1.82) is 0 Å². The Morgan fingerprint density at radius 2 is 2.00 bits per heavy atom. The Hall–Kier alpha value is -2.15. The van der Waals surface area contributed by atoms with Crippen LogP contribution >= 0.6 is 0 Å². The minimum absolute atomic E-state index is 0.0828. The van der Waals surface area contributed by atoms with Crippen LogP contribution in [0.3, 0.4) is 0 Å². The SMILES string of the molecule is CCOC(CCNC(=NC)NCCC(=O)Nc1ccc(C)cn1)C(C)C. The molecule has 1 amide bonds. The van der Waals surface area contributed by atoms with E-state index >= 15 is 0 Å². The molecule has 26 heavy (non-hydrogen) atoms. The van der Waals surface area contributed by atoms with Gasteiger partial charge in [-0.25, -0.2) is 4.98 Å². The molecule has 0 aromatic carbocycles. The first-order chi connectivity index (χ1) is 12.5. The number of rotatable bonds is 10. The van der Waals surface area contributed by atoms with Crippen LogP contribution in [0.4, 0.5) is 5.82 Å². The van der Waals surface area contributed by atoms with Crippen LogP contribution in [0.5, 0.6) is 0 Å². The van der Waals surface area contributed by atoms with Gasteiger partial charge in [0.1, 0.15) is 5.82 Å². The van der Waals surface area contributed by atoms with E-state index in [9.17, 15) is 4.79 Å². The van der Waals surface area contributed by atoms with Crippen molar-refractivity contribution in [2.45, 2.75) is 46.6 Å². The van der Waals surface area contributed by atoms with Gasteiger partial charge in [-0.3, -0.25) is 9.79 Å². The number of guanidine groups is 1. The first kappa shape index (κ1) is 21.9. The first-order valence-electron chi connectivity index (χ1n) is 9.24. The Labute approximate surface area is 157 Å². The molecule has 0 spiro atoms. The van der Waals surface area contributed by atoms with Crippen molar-refractivity contribution >= 4 is 17.7 Å². The van der Waals surface area contributed by atoms with E-state index in [4.69, 9.17) is 4.74 Å². The zero-order valence-corrected chi connectivity index (χ0v) is 16.6. The van der Waals surface area contributed by atoms with Gasteiger partial charge in [-0.05, 0) is 37.8 Å². The second kappa shape index (κ2) is 12.2. The summed E-state index contributed by atoms with van der Waals surface area (Å²) in [6, 6.07) is 3.71. The van der Waals surface area contributed by atoms with E-state index < -0.39 is 0 Å². The third kappa shape index (κ3) is 8.80. The lowest BCUT2D eigenvalue weighted by molar-refractivity contribution is -0.116. The number of carbonyl (C=O) groups is 1. The van der Waals surface area contributed by atoms with Gasteiger partial charge in [0.25, 0.3) is 0 Å². The lowest BCUT2D eigenvalue weighted by atomic mass is 10.0. The van der Waals surface area contributed by atoms with E-state index in [1.165, 1.54) is 0 Å². The molecule has 1 atom stereocenters. The monoisotopic (exact) mass is 363 g/mol. The van der Waals surface area contributed by atoms with Crippen LogP contribution in [-0.4, -0.2) is 49.7 Å².